The lowest BCUT2D eigenvalue weighted by Crippen LogP contribution is -2.09. The first-order valence-electron chi connectivity index (χ1n) is 4.01. The van der Waals surface area contributed by atoms with Crippen LogP contribution in [-0.4, -0.2) is 6.54 Å². The van der Waals surface area contributed by atoms with Crippen LogP contribution in [0.5, 0.6) is 0 Å². The molecule has 1 heterocycles. The molecular formula is C10H11N. The molecular weight excluding hydrogens is 134 g/mol. The number of terminal acetylenes is 1. The molecule has 11 heavy (non-hydrogen) atoms. The molecule has 0 saturated carbocycles. The van der Waals surface area contributed by atoms with E-state index in [0.29, 0.717) is 5.92 Å². The molecule has 1 unspecified atom stereocenters. The van der Waals surface area contributed by atoms with Gasteiger partial charge in [-0.05, 0) is 24.5 Å². The first kappa shape index (κ1) is 6.54. The smallest absolute Gasteiger partial charge is 0.0605 e. The molecule has 0 radical (unpaired) electrons. The Hall–Kier alpha value is -1.16. The van der Waals surface area contributed by atoms with Gasteiger partial charge in [0.05, 0.1) is 5.92 Å². The zero-order valence-corrected chi connectivity index (χ0v) is 6.43. The predicted molar refractivity (Wildman–Crippen MR) is 45.7 cm³/mol. The van der Waals surface area contributed by atoms with Gasteiger partial charge >= 0.3 is 0 Å². The molecule has 1 N–H and O–H groups in total. The maximum Gasteiger partial charge on any atom is 0.0605 e. The topological polar surface area (TPSA) is 12.0 Å². The van der Waals surface area contributed by atoms with Crippen LogP contribution in [0, 0.1) is 18.3 Å². The van der Waals surface area contributed by atoms with Crippen LogP contribution in [0.25, 0.3) is 0 Å². The molecule has 0 saturated heterocycles. The van der Waals surface area contributed by atoms with Crippen LogP contribution in [0.15, 0.2) is 23.4 Å². The van der Waals surface area contributed by atoms with Gasteiger partial charge in [-0.1, -0.05) is 12.0 Å². The van der Waals surface area contributed by atoms with E-state index in [0.717, 1.165) is 19.4 Å². The molecule has 1 heteroatoms. The maximum absolute atomic E-state index is 5.39. The highest BCUT2D eigenvalue weighted by molar-refractivity contribution is 5.37. The minimum absolute atomic E-state index is 0.356. The Labute approximate surface area is 67.2 Å². The summed E-state index contributed by atoms with van der Waals surface area (Å²) in [5.41, 5.74) is 2.72. The third-order valence-corrected chi connectivity index (χ3v) is 2.33. The third kappa shape index (κ3) is 0.952. The molecule has 0 aromatic carbocycles. The number of nitrogens with one attached hydrogen (secondary N) is 1. The van der Waals surface area contributed by atoms with E-state index in [-0.39, 0.29) is 0 Å². The Morgan fingerprint density at radius 3 is 3.36 bits per heavy atom. The van der Waals surface area contributed by atoms with Gasteiger partial charge in [0.2, 0.25) is 0 Å². The summed E-state index contributed by atoms with van der Waals surface area (Å²) in [5.74, 6) is 3.17. The summed E-state index contributed by atoms with van der Waals surface area (Å²) in [4.78, 5) is 0. The molecule has 1 atom stereocenters. The Balaban J connectivity index is 2.30. The van der Waals surface area contributed by atoms with Crippen LogP contribution in [0.3, 0.4) is 0 Å². The van der Waals surface area contributed by atoms with E-state index in [1.165, 1.54) is 11.3 Å². The van der Waals surface area contributed by atoms with Crippen LogP contribution >= 0.6 is 0 Å². The van der Waals surface area contributed by atoms with Crippen molar-refractivity contribution in [3.05, 3.63) is 23.4 Å². The molecule has 0 amide bonds. The normalized spacial score (nSPS) is 27.7. The third-order valence-electron chi connectivity index (χ3n) is 2.33. The number of rotatable bonds is 0. The lowest BCUT2D eigenvalue weighted by molar-refractivity contribution is 0.755. The van der Waals surface area contributed by atoms with Gasteiger partial charge in [0, 0.05) is 12.2 Å². The Morgan fingerprint density at radius 2 is 2.55 bits per heavy atom. The molecule has 0 aromatic heterocycles. The van der Waals surface area contributed by atoms with Gasteiger partial charge in [-0.2, -0.15) is 0 Å². The van der Waals surface area contributed by atoms with E-state index in [1.54, 1.807) is 0 Å². The van der Waals surface area contributed by atoms with Gasteiger partial charge < -0.3 is 5.32 Å². The van der Waals surface area contributed by atoms with Crippen molar-refractivity contribution < 1.29 is 0 Å². The van der Waals surface area contributed by atoms with E-state index in [4.69, 9.17) is 6.42 Å². The van der Waals surface area contributed by atoms with Gasteiger partial charge in [0.15, 0.2) is 0 Å². The van der Waals surface area contributed by atoms with Gasteiger partial charge in [-0.25, -0.2) is 0 Å². The zero-order valence-electron chi connectivity index (χ0n) is 6.43. The summed E-state index contributed by atoms with van der Waals surface area (Å²) in [6, 6.07) is 0. The zero-order chi connectivity index (χ0) is 7.68. The standard InChI is InChI=1S/C10H11N/c1-2-8-7-11-10-6-4-3-5-9(8)10/h1,4,6,8,11H,3,5,7H2. The van der Waals surface area contributed by atoms with Crippen molar-refractivity contribution in [3.63, 3.8) is 0 Å². The van der Waals surface area contributed by atoms with Crippen molar-refractivity contribution in [3.8, 4) is 12.3 Å². The molecule has 1 aliphatic heterocycles. The first-order valence-corrected chi connectivity index (χ1v) is 4.01. The van der Waals surface area contributed by atoms with Gasteiger partial charge in [0.25, 0.3) is 0 Å². The molecule has 2 aliphatic rings. The predicted octanol–water partition coefficient (Wildman–Crippen LogP) is 1.44. The SMILES string of the molecule is C#CC1CNC2=C1CCC=C2. The number of allylic oxidation sites excluding steroid dienone is 2. The minimum atomic E-state index is 0.356. The second-order valence-electron chi connectivity index (χ2n) is 2.98. The lowest BCUT2D eigenvalue weighted by atomic mass is 9.94. The second-order valence-corrected chi connectivity index (χ2v) is 2.98. The molecule has 2 rings (SSSR count). The molecule has 0 fully saturated rings. The van der Waals surface area contributed by atoms with E-state index < -0.39 is 0 Å². The average molecular weight is 145 g/mol. The summed E-state index contributed by atoms with van der Waals surface area (Å²) in [5, 5.41) is 3.31. The minimum Gasteiger partial charge on any atom is -0.383 e. The molecule has 56 valence electrons. The fourth-order valence-electron chi connectivity index (χ4n) is 1.71. The average Bonchev–Trinajstić information content (AvgIpc) is 2.47. The van der Waals surface area contributed by atoms with Crippen LogP contribution in [0.4, 0.5) is 0 Å². The fraction of sp³-hybridized carbons (Fsp3) is 0.400. The molecule has 0 spiro atoms. The molecule has 1 aliphatic carbocycles. The summed E-state index contributed by atoms with van der Waals surface area (Å²) >= 11 is 0. The molecule has 1 nitrogen and oxygen atoms in total. The monoisotopic (exact) mass is 145 g/mol. The van der Waals surface area contributed by atoms with Crippen molar-refractivity contribution in [2.24, 2.45) is 5.92 Å². The lowest BCUT2D eigenvalue weighted by Gasteiger charge is -2.09. The van der Waals surface area contributed by atoms with Crippen molar-refractivity contribution in [1.82, 2.24) is 5.32 Å². The first-order chi connectivity index (χ1) is 5.42. The van der Waals surface area contributed by atoms with Crippen LogP contribution in [0.2, 0.25) is 0 Å². The highest BCUT2D eigenvalue weighted by Gasteiger charge is 2.22. The van der Waals surface area contributed by atoms with Crippen LogP contribution in [-0.2, 0) is 0 Å². The Kier molecular flexibility index (Phi) is 1.47. The van der Waals surface area contributed by atoms with Crippen molar-refractivity contribution in [1.29, 1.82) is 0 Å². The van der Waals surface area contributed by atoms with E-state index in [9.17, 15) is 0 Å². The fourth-order valence-corrected chi connectivity index (χ4v) is 1.71. The van der Waals surface area contributed by atoms with E-state index >= 15 is 0 Å². The Morgan fingerprint density at radius 1 is 1.64 bits per heavy atom. The summed E-state index contributed by atoms with van der Waals surface area (Å²) in [6.45, 7) is 0.936. The summed E-state index contributed by atoms with van der Waals surface area (Å²) < 4.78 is 0. The van der Waals surface area contributed by atoms with E-state index in [2.05, 4.69) is 23.4 Å². The van der Waals surface area contributed by atoms with Crippen molar-refractivity contribution in [2.45, 2.75) is 12.8 Å². The highest BCUT2D eigenvalue weighted by atomic mass is 14.9. The van der Waals surface area contributed by atoms with Gasteiger partial charge in [-0.15, -0.1) is 6.42 Å². The van der Waals surface area contributed by atoms with E-state index in [1.807, 2.05) is 0 Å². The van der Waals surface area contributed by atoms with Crippen molar-refractivity contribution in [2.75, 3.05) is 6.54 Å². The summed E-state index contributed by atoms with van der Waals surface area (Å²) in [6.07, 6.45) is 12.0. The highest BCUT2D eigenvalue weighted by Crippen LogP contribution is 2.28. The summed E-state index contributed by atoms with van der Waals surface area (Å²) in [7, 11) is 0. The quantitative estimate of drug-likeness (QED) is 0.509. The van der Waals surface area contributed by atoms with Crippen LogP contribution < -0.4 is 5.32 Å². The van der Waals surface area contributed by atoms with Crippen molar-refractivity contribution >= 4 is 0 Å². The maximum atomic E-state index is 5.39. The van der Waals surface area contributed by atoms with Gasteiger partial charge in [-0.3, -0.25) is 0 Å². The molecule has 0 aromatic rings. The largest absolute Gasteiger partial charge is 0.383 e. The second kappa shape index (κ2) is 2.47. The number of hydrogen-bond donors (Lipinski definition) is 1. The number of hydrogen-bond acceptors (Lipinski definition) is 1. The van der Waals surface area contributed by atoms with Crippen LogP contribution in [0.1, 0.15) is 12.8 Å². The Bertz CT molecular complexity index is 265. The van der Waals surface area contributed by atoms with Gasteiger partial charge in [0.1, 0.15) is 0 Å². The molecule has 0 bridgehead atoms.